The van der Waals surface area contributed by atoms with Gasteiger partial charge in [0.25, 0.3) is 5.56 Å². The molecule has 1 aromatic heterocycles. The summed E-state index contributed by atoms with van der Waals surface area (Å²) < 4.78 is 5.07. The normalized spacial score (nSPS) is 12.7. The predicted octanol–water partition coefficient (Wildman–Crippen LogP) is 0.316. The van der Waals surface area contributed by atoms with Crippen LogP contribution in [0.25, 0.3) is 10.9 Å². The zero-order valence-electron chi connectivity index (χ0n) is 10.3. The Morgan fingerprint density at radius 2 is 2.16 bits per heavy atom. The summed E-state index contributed by atoms with van der Waals surface area (Å²) in [5.74, 6) is 0.529. The Morgan fingerprint density at radius 3 is 2.84 bits per heavy atom. The molecule has 3 N–H and O–H groups in total. The fourth-order valence-electron chi connectivity index (χ4n) is 1.66. The van der Waals surface area contributed by atoms with Crippen LogP contribution in [-0.2, 0) is 4.74 Å². The van der Waals surface area contributed by atoms with Crippen LogP contribution in [0.4, 0.5) is 0 Å². The first-order valence-electron chi connectivity index (χ1n) is 5.67. The molecule has 2 aromatic rings. The van der Waals surface area contributed by atoms with Gasteiger partial charge in [0.2, 0.25) is 0 Å². The summed E-state index contributed by atoms with van der Waals surface area (Å²) in [4.78, 5) is 28.6. The fraction of sp³-hybridized carbons (Fsp3) is 0.333. The van der Waals surface area contributed by atoms with Gasteiger partial charge < -0.3 is 14.8 Å². The van der Waals surface area contributed by atoms with E-state index in [0.29, 0.717) is 16.7 Å². The molecule has 0 bridgehead atoms. The third-order valence-corrected chi connectivity index (χ3v) is 3.89. The van der Waals surface area contributed by atoms with Gasteiger partial charge in [-0.05, 0) is 12.1 Å². The van der Waals surface area contributed by atoms with Gasteiger partial charge in [0.15, 0.2) is 0 Å². The molecule has 102 valence electrons. The maximum absolute atomic E-state index is 11.7. The van der Waals surface area contributed by atoms with Gasteiger partial charge in [0.05, 0.1) is 23.6 Å². The Labute approximate surface area is 112 Å². The molecule has 0 fully saturated rings. The number of nitrogens with one attached hydrogen (secondary N) is 2. The van der Waals surface area contributed by atoms with Crippen molar-refractivity contribution >= 4 is 22.7 Å². The monoisotopic (exact) mass is 282 g/mol. The van der Waals surface area contributed by atoms with Crippen molar-refractivity contribution in [2.45, 2.75) is 11.0 Å². The molecule has 2 rings (SSSR count). The van der Waals surface area contributed by atoms with Crippen molar-refractivity contribution in [1.82, 2.24) is 9.97 Å². The highest BCUT2D eigenvalue weighted by molar-refractivity contribution is 7.99. The van der Waals surface area contributed by atoms with Crippen LogP contribution in [0.5, 0.6) is 0 Å². The van der Waals surface area contributed by atoms with E-state index >= 15 is 0 Å². The van der Waals surface area contributed by atoms with E-state index < -0.39 is 11.2 Å². The largest absolute Gasteiger partial charge is 0.394 e. The van der Waals surface area contributed by atoms with Crippen molar-refractivity contribution in [2.24, 2.45) is 0 Å². The lowest BCUT2D eigenvalue weighted by molar-refractivity contribution is 0.0656. The summed E-state index contributed by atoms with van der Waals surface area (Å²) in [5, 5.41) is 9.49. The molecule has 19 heavy (non-hydrogen) atoms. The average molecular weight is 282 g/mol. The van der Waals surface area contributed by atoms with Crippen LogP contribution >= 0.6 is 11.8 Å². The van der Waals surface area contributed by atoms with Crippen LogP contribution in [0.1, 0.15) is 0 Å². The van der Waals surface area contributed by atoms with Crippen molar-refractivity contribution in [3.63, 3.8) is 0 Å². The number of hydrogen-bond donors (Lipinski definition) is 3. The number of aliphatic hydroxyl groups excluding tert-OH is 1. The summed E-state index contributed by atoms with van der Waals surface area (Å²) >= 11 is 1.42. The SMILES string of the molecule is COC(CO)CSc1cccc2c(=O)[nH]c(=O)[nH]c12. The highest BCUT2D eigenvalue weighted by Crippen LogP contribution is 2.24. The van der Waals surface area contributed by atoms with Crippen LogP contribution in [0.2, 0.25) is 0 Å². The van der Waals surface area contributed by atoms with Crippen molar-refractivity contribution < 1.29 is 9.84 Å². The molecule has 0 radical (unpaired) electrons. The Bertz CT molecular complexity index is 675. The molecule has 1 heterocycles. The van der Waals surface area contributed by atoms with Crippen LogP contribution in [0.15, 0.2) is 32.7 Å². The first kappa shape index (κ1) is 13.9. The standard InChI is InChI=1S/C12H14N2O4S/c1-18-7(5-15)6-19-9-4-2-3-8-10(9)13-12(17)14-11(8)16/h2-4,7,15H,5-6H2,1H3,(H2,13,14,16,17). The molecule has 1 aromatic carbocycles. The van der Waals surface area contributed by atoms with E-state index in [1.54, 1.807) is 12.1 Å². The zero-order valence-corrected chi connectivity index (χ0v) is 11.1. The minimum atomic E-state index is -0.531. The Kier molecular flexibility index (Phi) is 4.41. The first-order valence-corrected chi connectivity index (χ1v) is 6.66. The number of ether oxygens (including phenoxy) is 1. The van der Waals surface area contributed by atoms with E-state index in [2.05, 4.69) is 9.97 Å². The van der Waals surface area contributed by atoms with Gasteiger partial charge >= 0.3 is 5.69 Å². The van der Waals surface area contributed by atoms with Gasteiger partial charge in [0, 0.05) is 17.8 Å². The third kappa shape index (κ3) is 3.06. The molecular weight excluding hydrogens is 268 g/mol. The lowest BCUT2D eigenvalue weighted by atomic mass is 10.2. The number of methoxy groups -OCH3 is 1. The zero-order chi connectivity index (χ0) is 13.8. The number of aromatic nitrogens is 2. The quantitative estimate of drug-likeness (QED) is 0.686. The smallest absolute Gasteiger partial charge is 0.326 e. The van der Waals surface area contributed by atoms with Gasteiger partial charge in [-0.25, -0.2) is 4.79 Å². The van der Waals surface area contributed by atoms with E-state index in [1.165, 1.54) is 18.9 Å². The third-order valence-electron chi connectivity index (χ3n) is 2.70. The number of aromatic amines is 2. The number of thioether (sulfide) groups is 1. The first-order chi connectivity index (χ1) is 9.15. The second kappa shape index (κ2) is 6.05. The molecule has 0 spiro atoms. The van der Waals surface area contributed by atoms with Gasteiger partial charge in [0.1, 0.15) is 0 Å². The van der Waals surface area contributed by atoms with Crippen LogP contribution in [0.3, 0.4) is 0 Å². The number of rotatable bonds is 5. The maximum atomic E-state index is 11.7. The van der Waals surface area contributed by atoms with E-state index in [4.69, 9.17) is 9.84 Å². The topological polar surface area (TPSA) is 95.2 Å². The van der Waals surface area contributed by atoms with E-state index in [9.17, 15) is 9.59 Å². The molecule has 0 aliphatic rings. The highest BCUT2D eigenvalue weighted by Gasteiger charge is 2.10. The lowest BCUT2D eigenvalue weighted by Gasteiger charge is -2.12. The summed E-state index contributed by atoms with van der Waals surface area (Å²) in [7, 11) is 1.52. The van der Waals surface area contributed by atoms with E-state index in [1.807, 2.05) is 6.07 Å². The summed E-state index contributed by atoms with van der Waals surface area (Å²) in [6.07, 6.45) is -0.283. The number of hydrogen-bond acceptors (Lipinski definition) is 5. The molecule has 0 saturated heterocycles. The average Bonchev–Trinajstić information content (AvgIpc) is 2.40. The number of benzene rings is 1. The van der Waals surface area contributed by atoms with Crippen LogP contribution in [0, 0.1) is 0 Å². The number of para-hydroxylation sites is 1. The van der Waals surface area contributed by atoms with Crippen molar-refractivity contribution in [3.8, 4) is 0 Å². The molecule has 0 aliphatic heterocycles. The minimum Gasteiger partial charge on any atom is -0.394 e. The Hall–Kier alpha value is -1.57. The number of H-pyrrole nitrogens is 2. The van der Waals surface area contributed by atoms with Crippen molar-refractivity contribution in [3.05, 3.63) is 39.0 Å². The van der Waals surface area contributed by atoms with Gasteiger partial charge in [-0.2, -0.15) is 0 Å². The minimum absolute atomic E-state index is 0.0780. The lowest BCUT2D eigenvalue weighted by Crippen LogP contribution is -2.22. The van der Waals surface area contributed by atoms with E-state index in [-0.39, 0.29) is 12.7 Å². The van der Waals surface area contributed by atoms with Gasteiger partial charge in [-0.1, -0.05) is 6.07 Å². The van der Waals surface area contributed by atoms with Gasteiger partial charge in [-0.3, -0.25) is 9.78 Å². The summed E-state index contributed by atoms with van der Waals surface area (Å²) in [6.45, 7) is -0.0780. The van der Waals surface area contributed by atoms with Gasteiger partial charge in [-0.15, -0.1) is 11.8 Å². The van der Waals surface area contributed by atoms with E-state index in [0.717, 1.165) is 4.90 Å². The Morgan fingerprint density at radius 1 is 1.37 bits per heavy atom. The molecule has 7 heteroatoms. The molecule has 1 atom stereocenters. The Balaban J connectivity index is 2.38. The summed E-state index contributed by atoms with van der Waals surface area (Å²) in [6, 6.07) is 5.21. The molecule has 6 nitrogen and oxygen atoms in total. The summed E-state index contributed by atoms with van der Waals surface area (Å²) in [5.41, 5.74) is -0.434. The maximum Gasteiger partial charge on any atom is 0.326 e. The second-order valence-corrected chi connectivity index (χ2v) is 5.00. The second-order valence-electron chi connectivity index (χ2n) is 3.94. The molecule has 0 aliphatic carbocycles. The highest BCUT2D eigenvalue weighted by atomic mass is 32.2. The van der Waals surface area contributed by atoms with Crippen LogP contribution in [-0.4, -0.2) is 40.6 Å². The van der Waals surface area contributed by atoms with Crippen molar-refractivity contribution in [2.75, 3.05) is 19.5 Å². The fourth-order valence-corrected chi connectivity index (χ4v) is 2.75. The predicted molar refractivity (Wildman–Crippen MR) is 73.8 cm³/mol. The molecule has 0 saturated carbocycles. The molecule has 0 amide bonds. The van der Waals surface area contributed by atoms with Crippen molar-refractivity contribution in [1.29, 1.82) is 0 Å². The number of fused-ring (bicyclic) bond motifs is 1. The molecule has 1 unspecified atom stereocenters. The van der Waals surface area contributed by atoms with Crippen LogP contribution < -0.4 is 11.2 Å². The molecular formula is C12H14N2O4S. The number of aliphatic hydroxyl groups is 1.